The Morgan fingerprint density at radius 3 is 3.00 bits per heavy atom. The van der Waals surface area contributed by atoms with Crippen molar-refractivity contribution in [3.8, 4) is 0 Å². The van der Waals surface area contributed by atoms with Crippen molar-refractivity contribution in [1.82, 2.24) is 14.9 Å². The molecule has 0 spiro atoms. The highest BCUT2D eigenvalue weighted by atomic mass is 16.2. The lowest BCUT2D eigenvalue weighted by Crippen LogP contribution is -2.23. The fraction of sp³-hybridized carbons (Fsp3) is 0.154. The van der Waals surface area contributed by atoms with Crippen molar-refractivity contribution in [3.05, 3.63) is 54.1 Å². The summed E-state index contributed by atoms with van der Waals surface area (Å²) in [5.41, 5.74) is 1.54. The van der Waals surface area contributed by atoms with E-state index in [1.54, 1.807) is 18.5 Å². The number of carbonyl (C=O) groups excluding carboxylic acids is 2. The van der Waals surface area contributed by atoms with E-state index < -0.39 is 0 Å². The van der Waals surface area contributed by atoms with Gasteiger partial charge >= 0.3 is 0 Å². The van der Waals surface area contributed by atoms with Crippen LogP contribution in [0.4, 0.5) is 0 Å². The van der Waals surface area contributed by atoms with Gasteiger partial charge in [0, 0.05) is 18.0 Å². The maximum absolute atomic E-state index is 11.9. The minimum absolute atomic E-state index is 0.0884. The quantitative estimate of drug-likeness (QED) is 0.864. The molecule has 0 fully saturated rings. The molecule has 0 saturated carbocycles. The van der Waals surface area contributed by atoms with Gasteiger partial charge in [-0.2, -0.15) is 0 Å². The standard InChI is InChI=1S/C13H11N3O2/c17-12(16-6-5-14-8-16)7-11-9-3-1-2-4-10(9)13(18)15-11/h1-6,8,11H,7H2,(H,15,18)/t11-/m0/s1. The molecule has 90 valence electrons. The van der Waals surface area contributed by atoms with Gasteiger partial charge in [0.2, 0.25) is 5.91 Å². The van der Waals surface area contributed by atoms with Crippen molar-refractivity contribution in [3.63, 3.8) is 0 Å². The Labute approximate surface area is 103 Å². The fourth-order valence-electron chi connectivity index (χ4n) is 2.17. The molecule has 3 rings (SSSR count). The summed E-state index contributed by atoms with van der Waals surface area (Å²) in [6, 6.07) is 7.08. The predicted octanol–water partition coefficient (Wildman–Crippen LogP) is 1.40. The van der Waals surface area contributed by atoms with Crippen LogP contribution in [0.3, 0.4) is 0 Å². The van der Waals surface area contributed by atoms with Crippen LogP contribution in [0.25, 0.3) is 0 Å². The lowest BCUT2D eigenvalue weighted by molar-refractivity contribution is 0.0878. The summed E-state index contributed by atoms with van der Waals surface area (Å²) in [6.45, 7) is 0. The Morgan fingerprint density at radius 2 is 2.22 bits per heavy atom. The van der Waals surface area contributed by atoms with E-state index in [2.05, 4.69) is 10.3 Å². The Bertz CT molecular complexity index is 604. The van der Waals surface area contributed by atoms with Gasteiger partial charge in [-0.25, -0.2) is 4.98 Å². The first kappa shape index (κ1) is 10.7. The number of carbonyl (C=O) groups is 2. The smallest absolute Gasteiger partial charge is 0.252 e. The van der Waals surface area contributed by atoms with Crippen molar-refractivity contribution >= 4 is 11.8 Å². The van der Waals surface area contributed by atoms with Crippen molar-refractivity contribution in [2.45, 2.75) is 12.5 Å². The minimum Gasteiger partial charge on any atom is -0.345 e. The molecule has 1 aliphatic heterocycles. The molecule has 1 aliphatic rings. The molecule has 1 amide bonds. The number of nitrogens with one attached hydrogen (secondary N) is 1. The maximum atomic E-state index is 11.9. The molecular formula is C13H11N3O2. The van der Waals surface area contributed by atoms with Gasteiger partial charge in [0.25, 0.3) is 5.91 Å². The number of aromatic nitrogens is 2. The molecule has 0 radical (unpaired) electrons. The fourth-order valence-corrected chi connectivity index (χ4v) is 2.17. The highest BCUT2D eigenvalue weighted by Gasteiger charge is 2.29. The van der Waals surface area contributed by atoms with Crippen LogP contribution >= 0.6 is 0 Å². The third-order valence-corrected chi connectivity index (χ3v) is 3.06. The largest absolute Gasteiger partial charge is 0.345 e. The van der Waals surface area contributed by atoms with Crippen LogP contribution in [0.2, 0.25) is 0 Å². The van der Waals surface area contributed by atoms with E-state index in [9.17, 15) is 9.59 Å². The Kier molecular flexibility index (Phi) is 2.44. The third-order valence-electron chi connectivity index (χ3n) is 3.06. The van der Waals surface area contributed by atoms with Gasteiger partial charge in [-0.3, -0.25) is 14.2 Å². The number of imidazole rings is 1. The van der Waals surface area contributed by atoms with Crippen LogP contribution in [0.5, 0.6) is 0 Å². The van der Waals surface area contributed by atoms with Crippen molar-refractivity contribution in [2.24, 2.45) is 0 Å². The lowest BCUT2D eigenvalue weighted by Gasteiger charge is -2.10. The van der Waals surface area contributed by atoms with Crippen LogP contribution in [0, 0.1) is 0 Å². The molecule has 1 N–H and O–H groups in total. The van der Waals surface area contributed by atoms with Gasteiger partial charge in [-0.1, -0.05) is 18.2 Å². The summed E-state index contributed by atoms with van der Waals surface area (Å²) in [4.78, 5) is 27.5. The number of nitrogens with zero attached hydrogens (tertiary/aromatic N) is 2. The number of hydrogen-bond donors (Lipinski definition) is 1. The molecule has 5 nitrogen and oxygen atoms in total. The van der Waals surface area contributed by atoms with E-state index >= 15 is 0 Å². The molecule has 18 heavy (non-hydrogen) atoms. The zero-order chi connectivity index (χ0) is 12.5. The molecule has 1 aromatic heterocycles. The molecule has 0 bridgehead atoms. The van der Waals surface area contributed by atoms with Crippen LogP contribution in [0.1, 0.15) is 33.2 Å². The summed E-state index contributed by atoms with van der Waals surface area (Å²) in [6.07, 6.45) is 4.86. The van der Waals surface area contributed by atoms with Gasteiger partial charge in [0.1, 0.15) is 6.33 Å². The molecular weight excluding hydrogens is 230 g/mol. The van der Waals surface area contributed by atoms with Crippen molar-refractivity contribution < 1.29 is 9.59 Å². The first-order valence-electron chi connectivity index (χ1n) is 5.66. The summed E-state index contributed by atoms with van der Waals surface area (Å²) in [5.74, 6) is -0.205. The number of rotatable bonds is 2. The van der Waals surface area contributed by atoms with Crippen molar-refractivity contribution in [1.29, 1.82) is 0 Å². The molecule has 5 heteroatoms. The second-order valence-electron chi connectivity index (χ2n) is 4.18. The van der Waals surface area contributed by atoms with E-state index in [0.717, 1.165) is 5.56 Å². The van der Waals surface area contributed by atoms with E-state index in [1.807, 2.05) is 18.2 Å². The number of hydrogen-bond acceptors (Lipinski definition) is 3. The van der Waals surface area contributed by atoms with Gasteiger partial charge in [-0.05, 0) is 11.6 Å². The SMILES string of the molecule is O=C1N[C@@H](CC(=O)n2ccnc2)c2ccccc21. The molecule has 2 heterocycles. The van der Waals surface area contributed by atoms with Crippen LogP contribution in [-0.4, -0.2) is 21.4 Å². The van der Waals surface area contributed by atoms with E-state index in [4.69, 9.17) is 0 Å². The van der Waals surface area contributed by atoms with E-state index in [0.29, 0.717) is 5.56 Å². The van der Waals surface area contributed by atoms with Gasteiger partial charge in [-0.15, -0.1) is 0 Å². The number of amides is 1. The van der Waals surface area contributed by atoms with Crippen LogP contribution in [0.15, 0.2) is 43.0 Å². The third kappa shape index (κ3) is 1.69. The molecule has 0 aliphatic carbocycles. The Morgan fingerprint density at radius 1 is 1.39 bits per heavy atom. The van der Waals surface area contributed by atoms with Crippen LogP contribution < -0.4 is 5.32 Å². The highest BCUT2D eigenvalue weighted by molar-refractivity contribution is 5.99. The van der Waals surface area contributed by atoms with Gasteiger partial charge in [0.15, 0.2) is 0 Å². The average Bonchev–Trinajstić information content (AvgIpc) is 3.00. The Balaban J connectivity index is 1.84. The monoisotopic (exact) mass is 241 g/mol. The average molecular weight is 241 g/mol. The lowest BCUT2D eigenvalue weighted by atomic mass is 10.0. The normalized spacial score (nSPS) is 17.3. The first-order chi connectivity index (χ1) is 8.75. The molecule has 1 aromatic carbocycles. The first-order valence-corrected chi connectivity index (χ1v) is 5.66. The molecule has 0 saturated heterocycles. The van der Waals surface area contributed by atoms with E-state index in [1.165, 1.54) is 10.9 Å². The van der Waals surface area contributed by atoms with Crippen LogP contribution in [-0.2, 0) is 0 Å². The molecule has 1 atom stereocenters. The second kappa shape index (κ2) is 4.10. The highest BCUT2D eigenvalue weighted by Crippen LogP contribution is 2.27. The number of benzene rings is 1. The van der Waals surface area contributed by atoms with E-state index in [-0.39, 0.29) is 24.3 Å². The maximum Gasteiger partial charge on any atom is 0.252 e. The predicted molar refractivity (Wildman–Crippen MR) is 64.1 cm³/mol. The van der Waals surface area contributed by atoms with Gasteiger partial charge < -0.3 is 5.32 Å². The van der Waals surface area contributed by atoms with Gasteiger partial charge in [0.05, 0.1) is 12.5 Å². The zero-order valence-electron chi connectivity index (χ0n) is 9.54. The summed E-state index contributed by atoms with van der Waals surface area (Å²) in [7, 11) is 0. The molecule has 0 unspecified atom stereocenters. The number of fused-ring (bicyclic) bond motifs is 1. The summed E-state index contributed by atoms with van der Waals surface area (Å²) in [5, 5.41) is 2.82. The topological polar surface area (TPSA) is 64.0 Å². The Hall–Kier alpha value is -2.43. The zero-order valence-corrected chi connectivity index (χ0v) is 9.54. The summed E-state index contributed by atoms with van der Waals surface area (Å²) >= 11 is 0. The molecule has 2 aromatic rings. The van der Waals surface area contributed by atoms with Crippen molar-refractivity contribution in [2.75, 3.05) is 0 Å². The summed E-state index contributed by atoms with van der Waals surface area (Å²) < 4.78 is 1.42. The minimum atomic E-state index is -0.247. The second-order valence-corrected chi connectivity index (χ2v) is 4.18.